The zero-order valence-corrected chi connectivity index (χ0v) is 17.7. The molecule has 0 bridgehead atoms. The molecule has 160 valence electrons. The summed E-state index contributed by atoms with van der Waals surface area (Å²) in [5.74, 6) is 3.32. The highest BCUT2D eigenvalue weighted by Gasteiger charge is 2.30. The van der Waals surface area contributed by atoms with Gasteiger partial charge < -0.3 is 19.1 Å². The van der Waals surface area contributed by atoms with Crippen molar-refractivity contribution >= 4 is 11.8 Å². The van der Waals surface area contributed by atoms with E-state index < -0.39 is 0 Å². The molecule has 2 aliphatic heterocycles. The fourth-order valence-electron chi connectivity index (χ4n) is 4.35. The Kier molecular flexibility index (Phi) is 6.01. The summed E-state index contributed by atoms with van der Waals surface area (Å²) in [5, 5.41) is 8.84. The van der Waals surface area contributed by atoms with Gasteiger partial charge in [0, 0.05) is 45.4 Å². The molecule has 0 radical (unpaired) electrons. The monoisotopic (exact) mass is 411 g/mol. The fraction of sp³-hybridized carbons (Fsp3) is 0.545. The molecule has 1 aromatic heterocycles. The van der Waals surface area contributed by atoms with Crippen molar-refractivity contribution < 1.29 is 14.3 Å². The Morgan fingerprint density at radius 3 is 2.43 bits per heavy atom. The summed E-state index contributed by atoms with van der Waals surface area (Å²) in [6.07, 6.45) is 3.03. The molecule has 0 N–H and O–H groups in total. The van der Waals surface area contributed by atoms with Gasteiger partial charge in [0.2, 0.25) is 11.8 Å². The Bertz CT molecular complexity index is 900. The van der Waals surface area contributed by atoms with E-state index in [9.17, 15) is 9.59 Å². The quantitative estimate of drug-likeness (QED) is 0.752. The van der Waals surface area contributed by atoms with Crippen LogP contribution in [0.25, 0.3) is 0 Å². The molecule has 1 fully saturated rings. The van der Waals surface area contributed by atoms with Gasteiger partial charge in [-0.05, 0) is 37.0 Å². The molecule has 30 heavy (non-hydrogen) atoms. The first-order chi connectivity index (χ1) is 14.5. The Labute approximate surface area is 176 Å². The summed E-state index contributed by atoms with van der Waals surface area (Å²) in [5.41, 5.74) is 1.13. The molecule has 1 aromatic carbocycles. The van der Waals surface area contributed by atoms with Gasteiger partial charge in [0.25, 0.3) is 0 Å². The lowest BCUT2D eigenvalue weighted by Crippen LogP contribution is -2.40. The van der Waals surface area contributed by atoms with Crippen molar-refractivity contribution in [1.82, 2.24) is 24.6 Å². The summed E-state index contributed by atoms with van der Waals surface area (Å²) in [6, 6.07) is 7.85. The van der Waals surface area contributed by atoms with Crippen molar-refractivity contribution in [3.8, 4) is 5.75 Å². The Morgan fingerprint density at radius 2 is 1.77 bits per heavy atom. The number of aryl methyl sites for hydroxylation is 1. The molecule has 1 saturated heterocycles. The molecule has 2 aromatic rings. The average Bonchev–Trinajstić information content (AvgIpc) is 3.21. The van der Waals surface area contributed by atoms with Crippen LogP contribution >= 0.6 is 0 Å². The van der Waals surface area contributed by atoms with Gasteiger partial charge in [-0.25, -0.2) is 0 Å². The number of likely N-dealkylation sites (tertiary alicyclic amines) is 1. The molecule has 0 saturated carbocycles. The number of methoxy groups -OCH3 is 1. The summed E-state index contributed by atoms with van der Waals surface area (Å²) < 4.78 is 7.36. The molecule has 8 heteroatoms. The number of hydrogen-bond acceptors (Lipinski definition) is 5. The summed E-state index contributed by atoms with van der Waals surface area (Å²) in [7, 11) is 1.65. The van der Waals surface area contributed by atoms with Gasteiger partial charge in [0.15, 0.2) is 5.82 Å². The number of aromatic nitrogens is 3. The van der Waals surface area contributed by atoms with Crippen molar-refractivity contribution in [1.29, 1.82) is 0 Å². The Morgan fingerprint density at radius 1 is 1.03 bits per heavy atom. The number of rotatable bonds is 5. The molecule has 8 nitrogen and oxygen atoms in total. The van der Waals surface area contributed by atoms with Crippen LogP contribution in [0.3, 0.4) is 0 Å². The lowest BCUT2D eigenvalue weighted by molar-refractivity contribution is -0.132. The van der Waals surface area contributed by atoms with Crippen LogP contribution in [0.5, 0.6) is 5.75 Å². The van der Waals surface area contributed by atoms with Crippen molar-refractivity contribution in [3.63, 3.8) is 0 Å². The number of carbonyl (C=O) groups is 2. The maximum absolute atomic E-state index is 12.7. The van der Waals surface area contributed by atoms with Crippen molar-refractivity contribution in [2.75, 3.05) is 26.7 Å². The van der Waals surface area contributed by atoms with Gasteiger partial charge in [-0.2, -0.15) is 0 Å². The largest absolute Gasteiger partial charge is 0.497 e. The van der Waals surface area contributed by atoms with Crippen LogP contribution in [-0.4, -0.2) is 63.1 Å². The van der Waals surface area contributed by atoms with Crippen LogP contribution < -0.4 is 4.74 Å². The Hall–Kier alpha value is -2.90. The number of hydrogen-bond donors (Lipinski definition) is 0. The van der Waals surface area contributed by atoms with Gasteiger partial charge in [0.05, 0.1) is 13.7 Å². The van der Waals surface area contributed by atoms with Crippen LogP contribution in [0, 0.1) is 0 Å². The number of benzene rings is 1. The normalized spacial score (nSPS) is 17.0. The van der Waals surface area contributed by atoms with Crippen LogP contribution in [-0.2, 0) is 29.1 Å². The highest BCUT2D eigenvalue weighted by molar-refractivity contribution is 5.76. The number of piperidine rings is 1. The van der Waals surface area contributed by atoms with E-state index >= 15 is 0 Å². The molecular formula is C22H29N5O3. The summed E-state index contributed by atoms with van der Waals surface area (Å²) in [4.78, 5) is 28.0. The first-order valence-corrected chi connectivity index (χ1v) is 10.6. The minimum Gasteiger partial charge on any atom is -0.497 e. The summed E-state index contributed by atoms with van der Waals surface area (Å²) >= 11 is 0. The molecule has 4 rings (SSSR count). The molecule has 0 spiro atoms. The SMILES string of the molecule is COc1ccc(CCC(=O)N2CCn3c(nnc3C3CCN(C(C)=O)CC3)C2)cc1. The smallest absolute Gasteiger partial charge is 0.223 e. The van der Waals surface area contributed by atoms with Crippen molar-refractivity contribution in [2.24, 2.45) is 0 Å². The number of amides is 2. The molecule has 0 unspecified atom stereocenters. The number of fused-ring (bicyclic) bond motifs is 1. The predicted molar refractivity (Wildman–Crippen MR) is 111 cm³/mol. The number of nitrogens with zero attached hydrogens (tertiary/aromatic N) is 5. The third-order valence-corrected chi connectivity index (χ3v) is 6.23. The second kappa shape index (κ2) is 8.85. The minimum atomic E-state index is 0.139. The number of ether oxygens (including phenoxy) is 1. The predicted octanol–water partition coefficient (Wildman–Crippen LogP) is 1.99. The summed E-state index contributed by atoms with van der Waals surface area (Å²) in [6.45, 7) is 5.11. The lowest BCUT2D eigenvalue weighted by atomic mass is 9.95. The van der Waals surface area contributed by atoms with E-state index in [1.54, 1.807) is 14.0 Å². The van der Waals surface area contributed by atoms with Gasteiger partial charge in [-0.1, -0.05) is 12.1 Å². The molecule has 3 heterocycles. The maximum Gasteiger partial charge on any atom is 0.223 e. The first-order valence-electron chi connectivity index (χ1n) is 10.6. The minimum absolute atomic E-state index is 0.139. The van der Waals surface area contributed by atoms with Gasteiger partial charge in [0.1, 0.15) is 11.6 Å². The zero-order chi connectivity index (χ0) is 21.1. The van der Waals surface area contributed by atoms with E-state index in [1.165, 1.54) is 0 Å². The second-order valence-corrected chi connectivity index (χ2v) is 8.07. The van der Waals surface area contributed by atoms with Crippen LogP contribution in [0.4, 0.5) is 0 Å². The third-order valence-electron chi connectivity index (χ3n) is 6.23. The van der Waals surface area contributed by atoms with Crippen molar-refractivity contribution in [3.05, 3.63) is 41.5 Å². The van der Waals surface area contributed by atoms with E-state index in [2.05, 4.69) is 14.8 Å². The standard InChI is InChI=1S/C22H29N5O3/c1-16(28)25-11-9-18(10-12-25)22-24-23-20-15-26(13-14-27(20)22)21(29)8-5-17-3-6-19(30-2)7-4-17/h3-4,6-7,18H,5,8-15H2,1-2H3. The average molecular weight is 412 g/mol. The van der Waals surface area contributed by atoms with Gasteiger partial charge >= 0.3 is 0 Å². The van der Waals surface area contributed by atoms with Gasteiger partial charge in [-0.15, -0.1) is 10.2 Å². The van der Waals surface area contributed by atoms with E-state index in [-0.39, 0.29) is 11.8 Å². The second-order valence-electron chi connectivity index (χ2n) is 8.07. The molecule has 0 aliphatic carbocycles. The van der Waals surface area contributed by atoms with Crippen LogP contribution in [0.1, 0.15) is 49.3 Å². The highest BCUT2D eigenvalue weighted by Crippen LogP contribution is 2.28. The third kappa shape index (κ3) is 4.32. The Balaban J connectivity index is 1.33. The van der Waals surface area contributed by atoms with Crippen LogP contribution in [0.2, 0.25) is 0 Å². The van der Waals surface area contributed by atoms with E-state index in [0.29, 0.717) is 31.8 Å². The topological polar surface area (TPSA) is 80.6 Å². The molecule has 0 atom stereocenters. The number of carbonyl (C=O) groups excluding carboxylic acids is 2. The molecule has 2 amide bonds. The zero-order valence-electron chi connectivity index (χ0n) is 17.7. The van der Waals surface area contributed by atoms with Crippen molar-refractivity contribution in [2.45, 2.75) is 51.6 Å². The van der Waals surface area contributed by atoms with Crippen LogP contribution in [0.15, 0.2) is 24.3 Å². The maximum atomic E-state index is 12.7. The first kappa shape index (κ1) is 20.4. The lowest BCUT2D eigenvalue weighted by Gasteiger charge is -2.32. The van der Waals surface area contributed by atoms with E-state index in [4.69, 9.17) is 4.74 Å². The molecular weight excluding hydrogens is 382 g/mol. The van der Waals surface area contributed by atoms with Gasteiger partial charge in [-0.3, -0.25) is 9.59 Å². The fourth-order valence-corrected chi connectivity index (χ4v) is 4.35. The highest BCUT2D eigenvalue weighted by atomic mass is 16.5. The molecule has 2 aliphatic rings. The van der Waals surface area contributed by atoms with E-state index in [1.807, 2.05) is 34.1 Å². The van der Waals surface area contributed by atoms with E-state index in [0.717, 1.165) is 55.4 Å².